The molecule has 0 unspecified atom stereocenters. The van der Waals surface area contributed by atoms with Gasteiger partial charge in [-0.25, -0.2) is 0 Å². The maximum Gasteiger partial charge on any atom is -1.00 e. The summed E-state index contributed by atoms with van der Waals surface area (Å²) in [6, 6.07) is 0. The van der Waals surface area contributed by atoms with Gasteiger partial charge in [-0.05, 0) is 0 Å². The first-order chi connectivity index (χ1) is 8.89. The second-order valence-electron chi connectivity index (χ2n) is 6.36. The van der Waals surface area contributed by atoms with Crippen molar-refractivity contribution in [2.45, 2.75) is 60.8 Å². The van der Waals surface area contributed by atoms with Gasteiger partial charge in [-0.1, -0.05) is 0 Å². The topological polar surface area (TPSA) is 0 Å². The van der Waals surface area contributed by atoms with Crippen molar-refractivity contribution in [2.75, 3.05) is 0 Å². The summed E-state index contributed by atoms with van der Waals surface area (Å²) >= 11 is -0.586. The minimum atomic E-state index is -0.586. The van der Waals surface area contributed by atoms with Gasteiger partial charge in [0.15, 0.2) is 0 Å². The van der Waals surface area contributed by atoms with Crippen LogP contribution in [0, 0.1) is 5.41 Å². The number of hydrogen-bond acceptors (Lipinski definition) is 0. The summed E-state index contributed by atoms with van der Waals surface area (Å²) in [6.07, 6.45) is 8.58. The van der Waals surface area contributed by atoms with Gasteiger partial charge in [0.2, 0.25) is 0 Å². The number of hydrogen-bond donors (Lipinski definition) is 0. The van der Waals surface area contributed by atoms with Crippen molar-refractivity contribution in [1.82, 2.24) is 0 Å². The molecule has 3 heteroatoms. The number of allylic oxidation sites excluding steroid dienone is 8. The molecule has 2 aliphatic rings. The van der Waals surface area contributed by atoms with E-state index in [0.29, 0.717) is 5.41 Å². The Balaban J connectivity index is 0.00000200. The summed E-state index contributed by atoms with van der Waals surface area (Å²) in [6.45, 7) is 14.2. The van der Waals surface area contributed by atoms with Crippen molar-refractivity contribution >= 4 is 0 Å². The van der Waals surface area contributed by atoms with Crippen LogP contribution in [0.2, 0.25) is 0 Å². The quantitative estimate of drug-likeness (QED) is 0.606. The van der Waals surface area contributed by atoms with Crippen molar-refractivity contribution < 1.29 is 48.0 Å². The zero-order valence-electron chi connectivity index (χ0n) is 14.0. The Hall–Kier alpha value is 0.423. The summed E-state index contributed by atoms with van der Waals surface area (Å²) in [7, 11) is 0. The van der Waals surface area contributed by atoms with E-state index in [2.05, 4.69) is 53.7 Å². The Morgan fingerprint density at radius 1 is 1.10 bits per heavy atom. The number of halogens is 2. The fraction of sp³-hybridized carbons (Fsp3) is 0.556. The summed E-state index contributed by atoms with van der Waals surface area (Å²) in [5.41, 5.74) is 6.78. The molecule has 0 spiro atoms. The zero-order chi connectivity index (χ0) is 14.2. The Bertz CT molecular complexity index is 519. The second-order valence-corrected chi connectivity index (χ2v) is 9.69. The predicted octanol–water partition coefficient (Wildman–Crippen LogP) is -0.259. The largest absolute Gasteiger partial charge is 1.00 e. The van der Waals surface area contributed by atoms with Gasteiger partial charge in [-0.2, -0.15) is 0 Å². The van der Waals surface area contributed by atoms with E-state index in [1.165, 1.54) is 19.3 Å². The third-order valence-electron chi connectivity index (χ3n) is 4.89. The molecule has 0 heterocycles. The molecule has 2 aliphatic carbocycles. The fourth-order valence-electron chi connectivity index (χ4n) is 3.18. The Morgan fingerprint density at radius 2 is 1.71 bits per heavy atom. The van der Waals surface area contributed by atoms with Crippen molar-refractivity contribution in [2.24, 2.45) is 5.41 Å². The van der Waals surface area contributed by atoms with Gasteiger partial charge in [0.05, 0.1) is 0 Å². The molecule has 0 N–H and O–H groups in total. The average molecular weight is 405 g/mol. The van der Waals surface area contributed by atoms with Crippen LogP contribution in [0.3, 0.4) is 0 Å². The summed E-state index contributed by atoms with van der Waals surface area (Å²) in [4.78, 5) is 0. The summed E-state index contributed by atoms with van der Waals surface area (Å²) in [5, 5.41) is 0. The van der Waals surface area contributed by atoms with Gasteiger partial charge in [0.25, 0.3) is 0 Å². The summed E-state index contributed by atoms with van der Waals surface area (Å²) in [5.74, 6) is 0. The first-order valence-corrected chi connectivity index (χ1v) is 9.90. The van der Waals surface area contributed by atoms with Crippen LogP contribution in [0.25, 0.3) is 0 Å². The second kappa shape index (κ2) is 8.32. The maximum absolute atomic E-state index is 2.43. The maximum atomic E-state index is 2.43. The first kappa shape index (κ1) is 21.4. The van der Waals surface area contributed by atoms with E-state index in [9.17, 15) is 0 Å². The van der Waals surface area contributed by atoms with Crippen LogP contribution in [0.15, 0.2) is 41.0 Å². The monoisotopic (exact) mass is 402 g/mol. The van der Waals surface area contributed by atoms with Crippen molar-refractivity contribution in [3.05, 3.63) is 41.0 Å². The molecule has 2 rings (SSSR count). The van der Waals surface area contributed by atoms with Crippen molar-refractivity contribution in [3.63, 3.8) is 0 Å². The smallest absolute Gasteiger partial charge is 1.00 e. The standard InChI is InChI=1S/C10H15.C8H11.2ClH.Zr/c1-7-6-10(4,5)9(3)8(7)2;1-2-5-8-6-3-4-7-8;;;/h1-5H3;3,6H,2,4-5H2,1H3;2*1H;/q;;;;+2/p-2. The van der Waals surface area contributed by atoms with Gasteiger partial charge >= 0.3 is 130 Å². The Labute approximate surface area is 154 Å². The molecule has 0 amide bonds. The molecule has 0 aromatic carbocycles. The van der Waals surface area contributed by atoms with Gasteiger partial charge in [0, 0.05) is 0 Å². The van der Waals surface area contributed by atoms with E-state index in [4.69, 9.17) is 0 Å². The van der Waals surface area contributed by atoms with Crippen LogP contribution in [0.5, 0.6) is 0 Å². The third-order valence-corrected chi connectivity index (χ3v) is 9.99. The Morgan fingerprint density at radius 3 is 2.19 bits per heavy atom. The molecule has 0 aromatic rings. The van der Waals surface area contributed by atoms with Crippen LogP contribution in [-0.4, -0.2) is 0 Å². The van der Waals surface area contributed by atoms with Crippen LogP contribution < -0.4 is 24.8 Å². The normalized spacial score (nSPS) is 19.7. The molecule has 0 atom stereocenters. The predicted molar refractivity (Wildman–Crippen MR) is 80.5 cm³/mol. The van der Waals surface area contributed by atoms with Crippen molar-refractivity contribution in [1.29, 1.82) is 0 Å². The molecule has 21 heavy (non-hydrogen) atoms. The molecule has 0 aliphatic heterocycles. The van der Waals surface area contributed by atoms with Crippen LogP contribution >= 0.6 is 0 Å². The third kappa shape index (κ3) is 4.04. The molecule has 0 bridgehead atoms. The molecular weight excluding hydrogens is 378 g/mol. The fourth-order valence-corrected chi connectivity index (χ4v) is 7.52. The Kier molecular flexibility index (Phi) is 8.49. The first-order valence-electron chi connectivity index (χ1n) is 7.44. The minimum Gasteiger partial charge on any atom is -1.00 e. The van der Waals surface area contributed by atoms with E-state index in [1.807, 2.05) is 6.56 Å². The van der Waals surface area contributed by atoms with Gasteiger partial charge in [-0.15, -0.1) is 0 Å². The van der Waals surface area contributed by atoms with E-state index in [1.54, 1.807) is 22.3 Å². The molecule has 0 saturated carbocycles. The van der Waals surface area contributed by atoms with E-state index >= 15 is 0 Å². The van der Waals surface area contributed by atoms with Crippen molar-refractivity contribution in [3.8, 4) is 0 Å². The molecule has 0 saturated heterocycles. The van der Waals surface area contributed by atoms with E-state index < -0.39 is 23.2 Å². The van der Waals surface area contributed by atoms with E-state index in [-0.39, 0.29) is 24.8 Å². The summed E-state index contributed by atoms with van der Waals surface area (Å²) < 4.78 is 3.65. The molecular formula is C18H26Cl2Zr. The van der Waals surface area contributed by atoms with Gasteiger partial charge < -0.3 is 24.8 Å². The molecule has 0 radical (unpaired) electrons. The van der Waals surface area contributed by atoms with Gasteiger partial charge in [-0.3, -0.25) is 0 Å². The molecule has 0 nitrogen and oxygen atoms in total. The average Bonchev–Trinajstić information content (AvgIpc) is 2.85. The SMILES string of the molecule is CCCC1=[C]([Zr+2][C]2=C(C)C(C)=C(C)C2(C)C)CC=C1.[Cl-].[Cl-]. The van der Waals surface area contributed by atoms with Gasteiger partial charge in [0.1, 0.15) is 0 Å². The van der Waals surface area contributed by atoms with Crippen LogP contribution in [0.4, 0.5) is 0 Å². The molecule has 0 fully saturated rings. The van der Waals surface area contributed by atoms with Crippen LogP contribution in [0.1, 0.15) is 60.8 Å². The molecule has 116 valence electrons. The zero-order valence-corrected chi connectivity index (χ0v) is 18.0. The minimum absolute atomic E-state index is 0. The van der Waals surface area contributed by atoms with Crippen LogP contribution in [-0.2, 0) is 23.2 Å². The molecule has 0 aromatic heterocycles. The number of rotatable bonds is 4. The van der Waals surface area contributed by atoms with E-state index in [0.717, 1.165) is 0 Å².